The van der Waals surface area contributed by atoms with E-state index in [1.54, 1.807) is 25.1 Å². The number of carbonyl (C=O) groups is 1. The minimum atomic E-state index is -0.194. The van der Waals surface area contributed by atoms with E-state index in [1.165, 1.54) is 12.8 Å². The average Bonchev–Trinajstić information content (AvgIpc) is 2.32. The molecule has 1 aromatic rings. The van der Waals surface area contributed by atoms with Gasteiger partial charge in [0.25, 0.3) is 5.91 Å². The number of nitrogens with one attached hydrogen (secondary N) is 1. The van der Waals surface area contributed by atoms with Crippen LogP contribution < -0.4 is 5.32 Å². The third kappa shape index (κ3) is 4.06. The molecular weight excluding hydrogens is 226 g/mol. The molecule has 3 nitrogen and oxygen atoms in total. The second-order valence-electron chi connectivity index (χ2n) is 4.84. The van der Waals surface area contributed by atoms with Gasteiger partial charge in [-0.2, -0.15) is 0 Å². The average molecular weight is 249 g/mol. The summed E-state index contributed by atoms with van der Waals surface area (Å²) in [4.78, 5) is 12.0. The zero-order valence-electron chi connectivity index (χ0n) is 11.5. The summed E-state index contributed by atoms with van der Waals surface area (Å²) in [5.41, 5.74) is 1.08. The molecule has 0 saturated heterocycles. The third-order valence-electron chi connectivity index (χ3n) is 3.10. The molecule has 1 rings (SSSR count). The fraction of sp³-hybridized carbons (Fsp3) is 0.533. The van der Waals surface area contributed by atoms with Gasteiger partial charge >= 0.3 is 0 Å². The molecular formula is C15H23NO2. The number of aryl methyl sites for hydroxylation is 1. The van der Waals surface area contributed by atoms with Gasteiger partial charge in [0.15, 0.2) is 0 Å². The van der Waals surface area contributed by atoms with Crippen molar-refractivity contribution >= 4 is 5.91 Å². The normalized spacial score (nSPS) is 12.2. The summed E-state index contributed by atoms with van der Waals surface area (Å²) in [6.45, 7) is 5.95. The lowest BCUT2D eigenvalue weighted by Gasteiger charge is -2.14. The number of carbonyl (C=O) groups excluding carboxylic acids is 1. The summed E-state index contributed by atoms with van der Waals surface area (Å²) >= 11 is 0. The predicted molar refractivity (Wildman–Crippen MR) is 73.9 cm³/mol. The Labute approximate surface area is 109 Å². The summed E-state index contributed by atoms with van der Waals surface area (Å²) in [6, 6.07) is 5.36. The van der Waals surface area contributed by atoms with Crippen LogP contribution >= 0.6 is 0 Å². The van der Waals surface area contributed by atoms with Gasteiger partial charge in [-0.3, -0.25) is 4.79 Å². The Kier molecular flexibility index (Phi) is 5.69. The van der Waals surface area contributed by atoms with Crippen molar-refractivity contribution in [1.29, 1.82) is 0 Å². The molecule has 0 heterocycles. The molecule has 1 unspecified atom stereocenters. The van der Waals surface area contributed by atoms with Crippen LogP contribution in [0.2, 0.25) is 0 Å². The molecule has 0 saturated carbocycles. The minimum absolute atomic E-state index is 0.0794. The smallest absolute Gasteiger partial charge is 0.255 e. The molecule has 2 N–H and O–H groups in total. The van der Waals surface area contributed by atoms with Gasteiger partial charge in [-0.15, -0.1) is 0 Å². The highest BCUT2D eigenvalue weighted by Crippen LogP contribution is 2.21. The van der Waals surface area contributed by atoms with E-state index < -0.39 is 0 Å². The zero-order valence-corrected chi connectivity index (χ0v) is 11.5. The van der Waals surface area contributed by atoms with Crippen LogP contribution in [0.15, 0.2) is 18.2 Å². The number of hydrogen-bond donors (Lipinski definition) is 2. The number of aromatic hydroxyl groups is 1. The number of para-hydroxylation sites is 1. The van der Waals surface area contributed by atoms with Crippen molar-refractivity contribution in [3.8, 4) is 5.75 Å². The quantitative estimate of drug-likeness (QED) is 0.759. The number of hydrogen-bond acceptors (Lipinski definition) is 2. The van der Waals surface area contributed by atoms with E-state index in [9.17, 15) is 9.90 Å². The second kappa shape index (κ2) is 7.04. The van der Waals surface area contributed by atoms with Gasteiger partial charge in [-0.1, -0.05) is 38.3 Å². The monoisotopic (exact) mass is 249 g/mol. The molecule has 18 heavy (non-hydrogen) atoms. The maximum absolute atomic E-state index is 12.0. The van der Waals surface area contributed by atoms with E-state index in [2.05, 4.69) is 12.2 Å². The van der Waals surface area contributed by atoms with E-state index >= 15 is 0 Å². The van der Waals surface area contributed by atoms with E-state index in [1.807, 2.05) is 6.92 Å². The van der Waals surface area contributed by atoms with Gasteiger partial charge in [0.1, 0.15) is 5.75 Å². The fourth-order valence-corrected chi connectivity index (χ4v) is 1.92. The van der Waals surface area contributed by atoms with Crippen molar-refractivity contribution in [3.63, 3.8) is 0 Å². The van der Waals surface area contributed by atoms with Gasteiger partial charge in [0.05, 0.1) is 5.56 Å². The fourth-order valence-electron chi connectivity index (χ4n) is 1.92. The first-order valence-electron chi connectivity index (χ1n) is 6.65. The lowest BCUT2D eigenvalue weighted by Crippen LogP contribution is -2.32. The Morgan fingerprint density at radius 3 is 2.78 bits per heavy atom. The molecule has 0 aliphatic carbocycles. The van der Waals surface area contributed by atoms with Crippen molar-refractivity contribution in [3.05, 3.63) is 29.3 Å². The van der Waals surface area contributed by atoms with Crippen LogP contribution in [-0.2, 0) is 0 Å². The first-order valence-corrected chi connectivity index (χ1v) is 6.65. The molecule has 0 bridgehead atoms. The predicted octanol–water partition coefficient (Wildman–Crippen LogP) is 3.40. The number of phenols is 1. The Balaban J connectivity index is 2.57. The van der Waals surface area contributed by atoms with Gasteiger partial charge in [-0.05, 0) is 31.9 Å². The number of rotatable bonds is 6. The Hall–Kier alpha value is -1.51. The second-order valence-corrected chi connectivity index (χ2v) is 4.84. The number of phenolic OH excluding ortho intramolecular Hbond substituents is 1. The van der Waals surface area contributed by atoms with Gasteiger partial charge < -0.3 is 10.4 Å². The molecule has 0 radical (unpaired) electrons. The van der Waals surface area contributed by atoms with Crippen LogP contribution in [-0.4, -0.2) is 17.1 Å². The van der Waals surface area contributed by atoms with Crippen LogP contribution in [0.4, 0.5) is 0 Å². The van der Waals surface area contributed by atoms with E-state index in [0.29, 0.717) is 5.56 Å². The van der Waals surface area contributed by atoms with Gasteiger partial charge in [-0.25, -0.2) is 0 Å². The highest BCUT2D eigenvalue weighted by atomic mass is 16.3. The molecule has 0 spiro atoms. The van der Waals surface area contributed by atoms with Gasteiger partial charge in [0.2, 0.25) is 0 Å². The standard InChI is InChI=1S/C15H23NO2/c1-4-5-6-9-12(3)16-15(18)13-10-7-8-11(2)14(13)17/h7-8,10,12,17H,4-6,9H2,1-3H3,(H,16,18). The third-order valence-corrected chi connectivity index (χ3v) is 3.10. The maximum Gasteiger partial charge on any atom is 0.255 e. The molecule has 0 fully saturated rings. The molecule has 0 aliphatic rings. The van der Waals surface area contributed by atoms with Crippen LogP contribution in [0.1, 0.15) is 55.5 Å². The lowest BCUT2D eigenvalue weighted by molar-refractivity contribution is 0.0935. The summed E-state index contributed by atoms with van der Waals surface area (Å²) < 4.78 is 0. The van der Waals surface area contributed by atoms with Crippen molar-refractivity contribution in [2.45, 2.75) is 52.5 Å². The molecule has 1 atom stereocenters. The van der Waals surface area contributed by atoms with Crippen LogP contribution in [0, 0.1) is 6.92 Å². The van der Waals surface area contributed by atoms with Crippen LogP contribution in [0.5, 0.6) is 5.75 Å². The lowest BCUT2D eigenvalue weighted by atomic mass is 10.1. The Morgan fingerprint density at radius 2 is 2.11 bits per heavy atom. The van der Waals surface area contributed by atoms with Crippen LogP contribution in [0.25, 0.3) is 0 Å². The van der Waals surface area contributed by atoms with E-state index in [-0.39, 0.29) is 17.7 Å². The molecule has 100 valence electrons. The Bertz CT molecular complexity index is 401. The Morgan fingerprint density at radius 1 is 1.39 bits per heavy atom. The highest BCUT2D eigenvalue weighted by Gasteiger charge is 2.14. The van der Waals surface area contributed by atoms with Crippen molar-refractivity contribution in [2.24, 2.45) is 0 Å². The van der Waals surface area contributed by atoms with E-state index in [0.717, 1.165) is 18.4 Å². The summed E-state index contributed by atoms with van der Waals surface area (Å²) in [6.07, 6.45) is 4.47. The SMILES string of the molecule is CCCCCC(C)NC(=O)c1cccc(C)c1O. The first-order chi connectivity index (χ1) is 8.56. The number of amides is 1. The zero-order chi connectivity index (χ0) is 13.5. The minimum Gasteiger partial charge on any atom is -0.507 e. The molecule has 3 heteroatoms. The van der Waals surface area contributed by atoms with Crippen LogP contribution in [0.3, 0.4) is 0 Å². The largest absolute Gasteiger partial charge is 0.507 e. The molecule has 0 aliphatic heterocycles. The molecule has 0 aromatic heterocycles. The summed E-state index contributed by atoms with van der Waals surface area (Å²) in [5.74, 6) is -0.115. The molecule has 1 amide bonds. The van der Waals surface area contributed by atoms with Gasteiger partial charge in [0, 0.05) is 6.04 Å². The molecule has 1 aromatic carbocycles. The van der Waals surface area contributed by atoms with Crippen molar-refractivity contribution < 1.29 is 9.90 Å². The van der Waals surface area contributed by atoms with Crippen molar-refractivity contribution in [1.82, 2.24) is 5.32 Å². The number of unbranched alkanes of at least 4 members (excludes halogenated alkanes) is 2. The maximum atomic E-state index is 12.0. The topological polar surface area (TPSA) is 49.3 Å². The first kappa shape index (κ1) is 14.6. The van der Waals surface area contributed by atoms with E-state index in [4.69, 9.17) is 0 Å². The summed E-state index contributed by atoms with van der Waals surface area (Å²) in [7, 11) is 0. The van der Waals surface area contributed by atoms with Crippen molar-refractivity contribution in [2.75, 3.05) is 0 Å². The highest BCUT2D eigenvalue weighted by molar-refractivity contribution is 5.97. The summed E-state index contributed by atoms with van der Waals surface area (Å²) in [5, 5.41) is 12.8. The number of benzene rings is 1.